The number of aryl methyl sites for hydroxylation is 2. The lowest BCUT2D eigenvalue weighted by Gasteiger charge is -2.20. The van der Waals surface area contributed by atoms with Crippen LogP contribution in [-0.2, 0) is 12.8 Å². The summed E-state index contributed by atoms with van der Waals surface area (Å²) >= 11 is 0. The maximum Gasteiger partial charge on any atom is 0.127 e. The van der Waals surface area contributed by atoms with Crippen molar-refractivity contribution in [3.05, 3.63) is 130 Å². The highest BCUT2D eigenvalue weighted by Crippen LogP contribution is 2.48. The predicted octanol–water partition coefficient (Wildman–Crippen LogP) is 8.28. The highest BCUT2D eigenvalue weighted by molar-refractivity contribution is 6.10. The zero-order chi connectivity index (χ0) is 28.0. The molecule has 0 radical (unpaired) electrons. The molecule has 6 aromatic carbocycles. The van der Waals surface area contributed by atoms with Gasteiger partial charge in [-0.25, -0.2) is 0 Å². The second-order valence-electron chi connectivity index (χ2n) is 10.5. The largest absolute Gasteiger partial charge is 0.507 e. The third-order valence-electron chi connectivity index (χ3n) is 7.86. The maximum absolute atomic E-state index is 11.9. The van der Waals surface area contributed by atoms with E-state index in [4.69, 9.17) is 0 Å². The van der Waals surface area contributed by atoms with Gasteiger partial charge in [0.25, 0.3) is 0 Å². The van der Waals surface area contributed by atoms with E-state index in [0.29, 0.717) is 46.2 Å². The molecule has 0 heterocycles. The van der Waals surface area contributed by atoms with Crippen molar-refractivity contribution >= 4 is 21.5 Å². The van der Waals surface area contributed by atoms with Gasteiger partial charge in [-0.2, -0.15) is 0 Å². The Kier molecular flexibility index (Phi) is 6.31. The van der Waals surface area contributed by atoms with Crippen LogP contribution in [0.4, 0.5) is 0 Å². The Balaban J connectivity index is 1.63. The molecule has 4 heteroatoms. The van der Waals surface area contributed by atoms with E-state index in [1.165, 1.54) is 0 Å². The molecular weight excluding hydrogens is 496 g/mol. The Labute approximate surface area is 233 Å². The van der Waals surface area contributed by atoms with Crippen molar-refractivity contribution in [1.82, 2.24) is 0 Å². The molecular formula is C36H30O4. The first kappa shape index (κ1) is 25.3. The van der Waals surface area contributed by atoms with Gasteiger partial charge in [-0.15, -0.1) is 0 Å². The summed E-state index contributed by atoms with van der Waals surface area (Å²) in [5, 5.41) is 48.6. The highest BCUT2D eigenvalue weighted by Gasteiger charge is 2.23. The van der Waals surface area contributed by atoms with Gasteiger partial charge < -0.3 is 20.4 Å². The fourth-order valence-electron chi connectivity index (χ4n) is 5.70. The van der Waals surface area contributed by atoms with Crippen molar-refractivity contribution in [2.75, 3.05) is 0 Å². The van der Waals surface area contributed by atoms with Crippen LogP contribution in [0.25, 0.3) is 32.7 Å². The van der Waals surface area contributed by atoms with Gasteiger partial charge in [-0.3, -0.25) is 0 Å². The number of fused-ring (bicyclic) bond motifs is 2. The van der Waals surface area contributed by atoms with E-state index in [-0.39, 0.29) is 23.0 Å². The van der Waals surface area contributed by atoms with E-state index in [9.17, 15) is 20.4 Å². The highest BCUT2D eigenvalue weighted by atomic mass is 16.3. The van der Waals surface area contributed by atoms with Crippen LogP contribution in [-0.4, -0.2) is 20.4 Å². The average Bonchev–Trinajstić information content (AvgIpc) is 2.95. The Morgan fingerprint density at radius 1 is 0.425 bits per heavy atom. The molecule has 0 saturated carbocycles. The number of aromatic hydroxyl groups is 4. The minimum atomic E-state index is 0.0654. The first-order valence-corrected chi connectivity index (χ1v) is 13.4. The summed E-state index contributed by atoms with van der Waals surface area (Å²) in [6, 6.07) is 30.7. The number of para-hydroxylation sites is 2. The van der Waals surface area contributed by atoms with Gasteiger partial charge in [-0.1, -0.05) is 84.9 Å². The molecule has 198 valence electrons. The zero-order valence-electron chi connectivity index (χ0n) is 22.4. The number of rotatable bonds is 5. The lowest BCUT2D eigenvalue weighted by Crippen LogP contribution is -1.97. The van der Waals surface area contributed by atoms with Crippen molar-refractivity contribution in [3.8, 4) is 34.1 Å². The number of hydrogen-bond acceptors (Lipinski definition) is 4. The quantitative estimate of drug-likeness (QED) is 0.182. The molecule has 6 rings (SSSR count). The average molecular weight is 527 g/mol. The van der Waals surface area contributed by atoms with Crippen molar-refractivity contribution in [2.24, 2.45) is 0 Å². The lowest BCUT2D eigenvalue weighted by atomic mass is 9.86. The normalized spacial score (nSPS) is 11.3. The minimum Gasteiger partial charge on any atom is -0.507 e. The van der Waals surface area contributed by atoms with Gasteiger partial charge in [0.15, 0.2) is 0 Å². The third kappa shape index (κ3) is 4.28. The van der Waals surface area contributed by atoms with Gasteiger partial charge >= 0.3 is 0 Å². The molecule has 0 spiro atoms. The van der Waals surface area contributed by atoms with Crippen LogP contribution in [0.15, 0.2) is 97.1 Å². The van der Waals surface area contributed by atoms with Gasteiger partial charge in [0.1, 0.15) is 23.0 Å². The molecule has 0 aliphatic carbocycles. The fraction of sp³-hybridized carbons (Fsp3) is 0.111. The third-order valence-corrected chi connectivity index (χ3v) is 7.86. The molecule has 0 amide bonds. The number of phenolic OH excluding ortho intramolecular Hbond substituents is 4. The second-order valence-corrected chi connectivity index (χ2v) is 10.5. The zero-order valence-corrected chi connectivity index (χ0v) is 22.4. The molecule has 0 bridgehead atoms. The minimum absolute atomic E-state index is 0.0654. The van der Waals surface area contributed by atoms with Crippen LogP contribution in [0.1, 0.15) is 33.4 Å². The van der Waals surface area contributed by atoms with Gasteiger partial charge in [0.2, 0.25) is 0 Å². The molecule has 4 N–H and O–H groups in total. The van der Waals surface area contributed by atoms with Crippen molar-refractivity contribution in [2.45, 2.75) is 26.7 Å². The molecule has 40 heavy (non-hydrogen) atoms. The first-order chi connectivity index (χ1) is 19.3. The number of hydrogen-bond donors (Lipinski definition) is 4. The van der Waals surface area contributed by atoms with Crippen molar-refractivity contribution < 1.29 is 20.4 Å². The second kappa shape index (κ2) is 9.97. The molecule has 0 aliphatic heterocycles. The van der Waals surface area contributed by atoms with E-state index in [2.05, 4.69) is 0 Å². The molecule has 0 aliphatic rings. The predicted molar refractivity (Wildman–Crippen MR) is 162 cm³/mol. The summed E-state index contributed by atoms with van der Waals surface area (Å²) in [5.41, 5.74) is 5.37. The smallest absolute Gasteiger partial charge is 0.127 e. The van der Waals surface area contributed by atoms with Gasteiger partial charge in [0, 0.05) is 24.0 Å². The van der Waals surface area contributed by atoms with Crippen LogP contribution in [0.2, 0.25) is 0 Å². The molecule has 0 fully saturated rings. The Hall–Kier alpha value is -4.96. The summed E-state index contributed by atoms with van der Waals surface area (Å²) in [7, 11) is 0. The molecule has 0 saturated heterocycles. The van der Waals surface area contributed by atoms with Crippen LogP contribution >= 0.6 is 0 Å². The fourth-order valence-corrected chi connectivity index (χ4v) is 5.70. The molecule has 0 atom stereocenters. The lowest BCUT2D eigenvalue weighted by molar-refractivity contribution is 0.457. The Morgan fingerprint density at radius 3 is 1.25 bits per heavy atom. The number of phenols is 4. The van der Waals surface area contributed by atoms with Crippen LogP contribution < -0.4 is 0 Å². The Morgan fingerprint density at radius 2 is 0.825 bits per heavy atom. The molecule has 0 unspecified atom stereocenters. The van der Waals surface area contributed by atoms with Crippen molar-refractivity contribution in [3.63, 3.8) is 0 Å². The van der Waals surface area contributed by atoms with Gasteiger partial charge in [0.05, 0.1) is 0 Å². The number of benzene rings is 6. The van der Waals surface area contributed by atoms with Crippen LogP contribution in [0, 0.1) is 13.8 Å². The standard InChI is InChI=1S/C36H30O4/c1-21-9-7-13-25(33(21)37)19-27-17-23-11-3-5-15-29(23)31(35(27)39)32-30-16-6-4-12-24(30)18-28(36(32)40)20-26-14-8-10-22(2)34(26)38/h3-18,37-40H,19-20H2,1-2H3. The maximum atomic E-state index is 11.9. The van der Waals surface area contributed by atoms with E-state index < -0.39 is 0 Å². The van der Waals surface area contributed by atoms with Crippen LogP contribution in [0.5, 0.6) is 23.0 Å². The summed E-state index contributed by atoms with van der Waals surface area (Å²) in [6.45, 7) is 3.71. The topological polar surface area (TPSA) is 80.9 Å². The molecule has 4 nitrogen and oxygen atoms in total. The summed E-state index contributed by atoms with van der Waals surface area (Å²) < 4.78 is 0. The van der Waals surface area contributed by atoms with Crippen LogP contribution in [0.3, 0.4) is 0 Å². The SMILES string of the molecule is Cc1cccc(Cc2cc3ccccc3c(-c3c(O)c(Cc4cccc(C)c4O)cc4ccccc34)c2O)c1O. The monoisotopic (exact) mass is 526 g/mol. The van der Waals surface area contributed by atoms with E-state index in [1.54, 1.807) is 0 Å². The molecule has 6 aromatic rings. The summed E-state index contributed by atoms with van der Waals surface area (Å²) in [5.74, 6) is 0.556. The van der Waals surface area contributed by atoms with E-state index >= 15 is 0 Å². The summed E-state index contributed by atoms with van der Waals surface area (Å²) in [6.07, 6.45) is 0.652. The summed E-state index contributed by atoms with van der Waals surface area (Å²) in [4.78, 5) is 0. The molecule has 0 aromatic heterocycles. The van der Waals surface area contributed by atoms with Gasteiger partial charge in [-0.05, 0) is 80.9 Å². The van der Waals surface area contributed by atoms with E-state index in [1.807, 2.05) is 111 Å². The van der Waals surface area contributed by atoms with Crippen molar-refractivity contribution in [1.29, 1.82) is 0 Å². The van der Waals surface area contributed by atoms with E-state index in [0.717, 1.165) is 32.7 Å². The first-order valence-electron chi connectivity index (χ1n) is 13.4. The Bertz CT molecular complexity index is 1780.